The summed E-state index contributed by atoms with van der Waals surface area (Å²) in [6, 6.07) is 12.6. The normalized spacial score (nSPS) is 19.0. The average molecular weight is 390 g/mol. The molecule has 3 heterocycles. The van der Waals surface area contributed by atoms with E-state index in [0.717, 1.165) is 55.7 Å². The van der Waals surface area contributed by atoms with Crippen LogP contribution in [0.15, 0.2) is 47.4 Å². The minimum Gasteiger partial charge on any atom is -0.326 e. The first kappa shape index (κ1) is 18.3. The number of fused-ring (bicyclic) bond motifs is 2. The van der Waals surface area contributed by atoms with E-state index in [1.165, 1.54) is 16.8 Å². The largest absolute Gasteiger partial charge is 0.326 e. The first-order valence-corrected chi connectivity index (χ1v) is 10.5. The lowest BCUT2D eigenvalue weighted by Gasteiger charge is -2.26. The van der Waals surface area contributed by atoms with Gasteiger partial charge in [-0.1, -0.05) is 18.2 Å². The molecule has 0 saturated heterocycles. The van der Waals surface area contributed by atoms with E-state index in [0.29, 0.717) is 6.54 Å². The van der Waals surface area contributed by atoms with Crippen molar-refractivity contribution < 1.29 is 0 Å². The molecule has 0 saturated carbocycles. The number of rotatable bonds is 4. The predicted molar refractivity (Wildman–Crippen MR) is 113 cm³/mol. The standard InChI is InChI=1S/C23H27N5O/c1-27-11-10-20-17(14-27)12-16(23(29)25-20)13-24-21-8-5-9-22-19(21)15-28(26-22)18-6-3-2-4-7-18/h2-4,6-7,12,15,21,24H,5,8-11,13-14H2,1H3,(H,25,29). The van der Waals surface area contributed by atoms with Crippen LogP contribution < -0.4 is 10.9 Å². The summed E-state index contributed by atoms with van der Waals surface area (Å²) in [7, 11) is 2.12. The number of aromatic nitrogens is 3. The SMILES string of the molecule is CN1CCc2[nH]c(=O)c(CNC3CCCc4nn(-c5ccccc5)cc43)cc2C1. The number of likely N-dealkylation sites (N-methyl/N-ethyl adjacent to an activating group) is 1. The van der Waals surface area contributed by atoms with Crippen molar-refractivity contribution in [3.8, 4) is 5.69 Å². The summed E-state index contributed by atoms with van der Waals surface area (Å²) in [5.41, 5.74) is 6.71. The zero-order valence-electron chi connectivity index (χ0n) is 16.8. The summed E-state index contributed by atoms with van der Waals surface area (Å²) in [5, 5.41) is 8.44. The monoisotopic (exact) mass is 389 g/mol. The van der Waals surface area contributed by atoms with Crippen LogP contribution in [0.4, 0.5) is 0 Å². The predicted octanol–water partition coefficient (Wildman–Crippen LogP) is 2.72. The van der Waals surface area contributed by atoms with Gasteiger partial charge in [0.2, 0.25) is 0 Å². The van der Waals surface area contributed by atoms with E-state index in [-0.39, 0.29) is 11.6 Å². The van der Waals surface area contributed by atoms with E-state index in [1.807, 2.05) is 22.9 Å². The Labute approximate surface area is 170 Å². The molecule has 2 aliphatic rings. The quantitative estimate of drug-likeness (QED) is 0.720. The van der Waals surface area contributed by atoms with Gasteiger partial charge in [0.05, 0.1) is 11.4 Å². The molecule has 6 heteroatoms. The molecule has 0 bridgehead atoms. The van der Waals surface area contributed by atoms with Crippen molar-refractivity contribution in [2.45, 2.75) is 44.8 Å². The van der Waals surface area contributed by atoms with Crippen LogP contribution >= 0.6 is 0 Å². The van der Waals surface area contributed by atoms with E-state index in [1.54, 1.807) is 0 Å². The Balaban J connectivity index is 1.36. The Morgan fingerprint density at radius 1 is 1.24 bits per heavy atom. The molecule has 2 N–H and O–H groups in total. The highest BCUT2D eigenvalue weighted by Crippen LogP contribution is 2.30. The molecule has 150 valence electrons. The van der Waals surface area contributed by atoms with Crippen molar-refractivity contribution in [1.29, 1.82) is 0 Å². The van der Waals surface area contributed by atoms with Crippen molar-refractivity contribution in [2.24, 2.45) is 0 Å². The Bertz CT molecular complexity index is 1070. The molecular weight excluding hydrogens is 362 g/mol. The molecule has 0 fully saturated rings. The second-order valence-electron chi connectivity index (χ2n) is 8.25. The lowest BCUT2D eigenvalue weighted by atomic mass is 9.93. The maximum Gasteiger partial charge on any atom is 0.252 e. The number of benzene rings is 1. The zero-order chi connectivity index (χ0) is 19.8. The number of nitrogens with zero attached hydrogens (tertiary/aromatic N) is 3. The first-order chi connectivity index (χ1) is 14.2. The van der Waals surface area contributed by atoms with E-state index in [2.05, 4.69) is 46.6 Å². The number of aromatic amines is 1. The van der Waals surface area contributed by atoms with Crippen LogP contribution in [0.25, 0.3) is 5.69 Å². The Kier molecular flexibility index (Phi) is 4.81. The molecule has 29 heavy (non-hydrogen) atoms. The van der Waals surface area contributed by atoms with Gasteiger partial charge < -0.3 is 15.2 Å². The summed E-state index contributed by atoms with van der Waals surface area (Å²) >= 11 is 0. The van der Waals surface area contributed by atoms with E-state index in [9.17, 15) is 4.79 Å². The molecule has 1 aliphatic heterocycles. The number of pyridine rings is 1. The molecule has 0 amide bonds. The van der Waals surface area contributed by atoms with Gasteiger partial charge in [-0.2, -0.15) is 5.10 Å². The van der Waals surface area contributed by atoms with Gasteiger partial charge in [0.25, 0.3) is 5.56 Å². The van der Waals surface area contributed by atoms with Crippen LogP contribution in [0.1, 0.15) is 47.0 Å². The van der Waals surface area contributed by atoms with Crippen molar-refractivity contribution in [2.75, 3.05) is 13.6 Å². The molecule has 1 aromatic carbocycles. The van der Waals surface area contributed by atoms with E-state index < -0.39 is 0 Å². The fraction of sp³-hybridized carbons (Fsp3) is 0.391. The maximum atomic E-state index is 12.6. The lowest BCUT2D eigenvalue weighted by molar-refractivity contribution is 0.309. The third-order valence-corrected chi connectivity index (χ3v) is 6.14. The molecule has 2 aromatic heterocycles. The van der Waals surface area contributed by atoms with Crippen LogP contribution in [0.2, 0.25) is 0 Å². The minimum absolute atomic E-state index is 0.0387. The first-order valence-electron chi connectivity index (χ1n) is 10.5. The molecule has 0 spiro atoms. The summed E-state index contributed by atoms with van der Waals surface area (Å²) in [4.78, 5) is 18.0. The molecule has 3 aromatic rings. The molecule has 1 unspecified atom stereocenters. The summed E-state index contributed by atoms with van der Waals surface area (Å²) in [6.45, 7) is 2.47. The number of aryl methyl sites for hydroxylation is 1. The molecular formula is C23H27N5O. The van der Waals surface area contributed by atoms with E-state index >= 15 is 0 Å². The Morgan fingerprint density at radius 3 is 2.97 bits per heavy atom. The summed E-state index contributed by atoms with van der Waals surface area (Å²) in [6.07, 6.45) is 6.26. The third kappa shape index (κ3) is 3.66. The van der Waals surface area contributed by atoms with Gasteiger partial charge in [-0.3, -0.25) is 4.79 Å². The Morgan fingerprint density at radius 2 is 2.10 bits per heavy atom. The van der Waals surface area contributed by atoms with Gasteiger partial charge in [-0.25, -0.2) is 4.68 Å². The number of hydrogen-bond acceptors (Lipinski definition) is 4. The molecule has 0 radical (unpaired) electrons. The number of nitrogens with one attached hydrogen (secondary N) is 2. The van der Waals surface area contributed by atoms with Gasteiger partial charge in [0.1, 0.15) is 0 Å². The second kappa shape index (κ2) is 7.61. The number of para-hydroxylation sites is 1. The van der Waals surface area contributed by atoms with E-state index in [4.69, 9.17) is 5.10 Å². The van der Waals surface area contributed by atoms with Crippen molar-refractivity contribution in [1.82, 2.24) is 25.0 Å². The smallest absolute Gasteiger partial charge is 0.252 e. The van der Waals surface area contributed by atoms with Gasteiger partial charge in [0, 0.05) is 55.1 Å². The summed E-state index contributed by atoms with van der Waals surface area (Å²) < 4.78 is 1.98. The number of H-pyrrole nitrogens is 1. The van der Waals surface area contributed by atoms with Crippen LogP contribution in [0, 0.1) is 0 Å². The fourth-order valence-corrected chi connectivity index (χ4v) is 4.52. The van der Waals surface area contributed by atoms with Crippen LogP contribution in [-0.4, -0.2) is 33.3 Å². The van der Waals surface area contributed by atoms with Crippen LogP contribution in [0.3, 0.4) is 0 Å². The topological polar surface area (TPSA) is 66.0 Å². The van der Waals surface area contributed by atoms with Crippen molar-refractivity contribution >= 4 is 0 Å². The average Bonchev–Trinajstić information content (AvgIpc) is 3.18. The zero-order valence-corrected chi connectivity index (χ0v) is 16.8. The van der Waals surface area contributed by atoms with Crippen molar-refractivity contribution in [3.05, 3.63) is 81.0 Å². The van der Waals surface area contributed by atoms with Crippen LogP contribution in [-0.2, 0) is 25.9 Å². The van der Waals surface area contributed by atoms with Gasteiger partial charge in [0.15, 0.2) is 0 Å². The maximum absolute atomic E-state index is 12.6. The van der Waals surface area contributed by atoms with Gasteiger partial charge in [-0.15, -0.1) is 0 Å². The fourth-order valence-electron chi connectivity index (χ4n) is 4.52. The highest BCUT2D eigenvalue weighted by Gasteiger charge is 2.24. The number of hydrogen-bond donors (Lipinski definition) is 2. The van der Waals surface area contributed by atoms with Crippen LogP contribution in [0.5, 0.6) is 0 Å². The molecule has 1 aliphatic carbocycles. The highest BCUT2D eigenvalue weighted by molar-refractivity contribution is 5.35. The third-order valence-electron chi connectivity index (χ3n) is 6.14. The highest BCUT2D eigenvalue weighted by atomic mass is 16.1. The van der Waals surface area contributed by atoms with Gasteiger partial charge in [-0.05, 0) is 50.1 Å². The molecule has 6 nitrogen and oxygen atoms in total. The lowest BCUT2D eigenvalue weighted by Crippen LogP contribution is -2.32. The second-order valence-corrected chi connectivity index (χ2v) is 8.25. The Hall–Kier alpha value is -2.70. The molecule has 5 rings (SSSR count). The minimum atomic E-state index is 0.0387. The van der Waals surface area contributed by atoms with Gasteiger partial charge >= 0.3 is 0 Å². The summed E-state index contributed by atoms with van der Waals surface area (Å²) in [5.74, 6) is 0. The molecule has 1 atom stereocenters. The van der Waals surface area contributed by atoms with Crippen molar-refractivity contribution in [3.63, 3.8) is 0 Å².